The number of benzene rings is 3. The van der Waals surface area contributed by atoms with E-state index in [0.29, 0.717) is 6.61 Å². The maximum Gasteiger partial charge on any atom is 0.0823 e. The summed E-state index contributed by atoms with van der Waals surface area (Å²) in [7, 11) is 0. The van der Waals surface area contributed by atoms with E-state index in [0.717, 1.165) is 31.2 Å². The second kappa shape index (κ2) is 7.66. The van der Waals surface area contributed by atoms with Crippen LogP contribution in [0.4, 0.5) is 0 Å². The third kappa shape index (κ3) is 3.68. The van der Waals surface area contributed by atoms with Crippen LogP contribution in [0.3, 0.4) is 0 Å². The molecule has 1 saturated carbocycles. The van der Waals surface area contributed by atoms with Gasteiger partial charge in [0.1, 0.15) is 0 Å². The SMILES string of the molecule is Cc1cc(-c2ccc(C3(C#N)CC3)cc2COC2Cc3ccccc3C2)cc(C)c1C. The fraction of sp³-hybridized carbons (Fsp3) is 0.345. The highest BCUT2D eigenvalue weighted by Crippen LogP contribution is 2.48. The number of hydrogen-bond acceptors (Lipinski definition) is 2. The summed E-state index contributed by atoms with van der Waals surface area (Å²) < 4.78 is 6.46. The Kier molecular flexibility index (Phi) is 4.95. The molecule has 2 heteroatoms. The molecule has 0 radical (unpaired) electrons. The lowest BCUT2D eigenvalue weighted by Gasteiger charge is -2.18. The molecular weight excluding hydrogens is 378 g/mol. The monoisotopic (exact) mass is 407 g/mol. The van der Waals surface area contributed by atoms with Gasteiger partial charge < -0.3 is 4.74 Å². The first-order valence-electron chi connectivity index (χ1n) is 11.3. The number of ether oxygens (including phenoxy) is 1. The summed E-state index contributed by atoms with van der Waals surface area (Å²) in [5, 5.41) is 9.71. The summed E-state index contributed by atoms with van der Waals surface area (Å²) in [4.78, 5) is 0. The maximum atomic E-state index is 9.71. The largest absolute Gasteiger partial charge is 0.373 e. The quantitative estimate of drug-likeness (QED) is 0.482. The van der Waals surface area contributed by atoms with Gasteiger partial charge in [-0.25, -0.2) is 0 Å². The molecule has 0 spiro atoms. The van der Waals surface area contributed by atoms with Crippen molar-refractivity contribution in [2.75, 3.05) is 0 Å². The van der Waals surface area contributed by atoms with Gasteiger partial charge in [-0.3, -0.25) is 0 Å². The second-order valence-corrected chi connectivity index (χ2v) is 9.41. The van der Waals surface area contributed by atoms with Crippen molar-refractivity contribution in [1.82, 2.24) is 0 Å². The van der Waals surface area contributed by atoms with E-state index in [2.05, 4.69) is 81.4 Å². The second-order valence-electron chi connectivity index (χ2n) is 9.41. The third-order valence-electron chi connectivity index (χ3n) is 7.35. The average molecular weight is 408 g/mol. The summed E-state index contributed by atoms with van der Waals surface area (Å²) in [5.41, 5.74) is 11.3. The zero-order valence-corrected chi connectivity index (χ0v) is 18.7. The van der Waals surface area contributed by atoms with E-state index in [4.69, 9.17) is 4.74 Å². The van der Waals surface area contributed by atoms with Gasteiger partial charge in [-0.1, -0.05) is 54.6 Å². The van der Waals surface area contributed by atoms with E-state index < -0.39 is 0 Å². The van der Waals surface area contributed by atoms with Crippen molar-refractivity contribution in [1.29, 1.82) is 5.26 Å². The van der Waals surface area contributed by atoms with Crippen molar-refractivity contribution >= 4 is 0 Å². The summed E-state index contributed by atoms with van der Waals surface area (Å²) >= 11 is 0. The van der Waals surface area contributed by atoms with Crippen molar-refractivity contribution < 1.29 is 4.74 Å². The van der Waals surface area contributed by atoms with Crippen LogP contribution < -0.4 is 0 Å². The summed E-state index contributed by atoms with van der Waals surface area (Å²) in [6.07, 6.45) is 4.11. The van der Waals surface area contributed by atoms with Crippen LogP contribution >= 0.6 is 0 Å². The van der Waals surface area contributed by atoms with E-state index in [1.165, 1.54) is 44.5 Å². The Morgan fingerprint density at radius 3 is 2.16 bits per heavy atom. The minimum atomic E-state index is -0.282. The topological polar surface area (TPSA) is 33.0 Å². The predicted octanol–water partition coefficient (Wildman–Crippen LogP) is 6.52. The minimum Gasteiger partial charge on any atom is -0.373 e. The molecule has 3 aromatic rings. The standard InChI is InChI=1S/C29H29NO/c1-19-12-24(13-20(2)21(19)3)28-9-8-26(29(18-30)10-11-29)14-25(28)17-31-27-15-22-6-4-5-7-23(22)16-27/h4-9,12-14,27H,10-11,15-17H2,1-3H3. The lowest BCUT2D eigenvalue weighted by molar-refractivity contribution is 0.0481. The van der Waals surface area contributed by atoms with Gasteiger partial charge in [0.25, 0.3) is 0 Å². The normalized spacial score (nSPS) is 16.7. The summed E-state index contributed by atoms with van der Waals surface area (Å²) in [6, 6.07) is 22.4. The fourth-order valence-electron chi connectivity index (χ4n) is 4.92. The number of rotatable bonds is 5. The van der Waals surface area contributed by atoms with Gasteiger partial charge in [0, 0.05) is 0 Å². The van der Waals surface area contributed by atoms with E-state index in [9.17, 15) is 5.26 Å². The zero-order valence-electron chi connectivity index (χ0n) is 18.7. The fourth-order valence-corrected chi connectivity index (χ4v) is 4.92. The molecule has 0 aromatic heterocycles. The minimum absolute atomic E-state index is 0.223. The Bertz CT molecular complexity index is 1150. The van der Waals surface area contributed by atoms with Gasteiger partial charge in [0.05, 0.1) is 24.2 Å². The summed E-state index contributed by atoms with van der Waals surface area (Å²) in [5.74, 6) is 0. The molecule has 0 unspecified atom stereocenters. The first-order valence-corrected chi connectivity index (χ1v) is 11.3. The lowest BCUT2D eigenvalue weighted by Crippen LogP contribution is -2.13. The molecule has 156 valence electrons. The molecule has 2 nitrogen and oxygen atoms in total. The average Bonchev–Trinajstić information content (AvgIpc) is 3.47. The van der Waals surface area contributed by atoms with Crippen molar-refractivity contribution in [3.05, 3.63) is 93.5 Å². The molecule has 5 rings (SSSR count). The van der Waals surface area contributed by atoms with Crippen LogP contribution in [0.15, 0.2) is 54.6 Å². The van der Waals surface area contributed by atoms with Crippen LogP contribution in [0.25, 0.3) is 11.1 Å². The van der Waals surface area contributed by atoms with E-state index in [-0.39, 0.29) is 11.5 Å². The molecule has 0 atom stereocenters. The van der Waals surface area contributed by atoms with Gasteiger partial charge in [0.2, 0.25) is 0 Å². The lowest BCUT2D eigenvalue weighted by atomic mass is 9.89. The molecule has 0 heterocycles. The number of fused-ring (bicyclic) bond motifs is 1. The Morgan fingerprint density at radius 2 is 1.58 bits per heavy atom. The first-order chi connectivity index (χ1) is 15.0. The Labute approximate surface area is 185 Å². The van der Waals surface area contributed by atoms with Gasteiger partial charge in [-0.05, 0) is 96.5 Å². The van der Waals surface area contributed by atoms with Crippen molar-refractivity contribution in [2.24, 2.45) is 0 Å². The van der Waals surface area contributed by atoms with Gasteiger partial charge in [-0.15, -0.1) is 0 Å². The first kappa shape index (κ1) is 20.0. The van der Waals surface area contributed by atoms with Crippen LogP contribution in [0.2, 0.25) is 0 Å². The van der Waals surface area contributed by atoms with Crippen LogP contribution in [-0.4, -0.2) is 6.10 Å². The van der Waals surface area contributed by atoms with E-state index >= 15 is 0 Å². The van der Waals surface area contributed by atoms with E-state index in [1.54, 1.807) is 0 Å². The molecule has 0 N–H and O–H groups in total. The molecule has 0 aliphatic heterocycles. The molecular formula is C29H29NO. The van der Waals surface area contributed by atoms with Crippen LogP contribution in [-0.2, 0) is 29.6 Å². The molecule has 31 heavy (non-hydrogen) atoms. The summed E-state index contributed by atoms with van der Waals surface area (Å²) in [6.45, 7) is 7.13. The third-order valence-corrected chi connectivity index (χ3v) is 7.35. The molecule has 2 aliphatic rings. The highest BCUT2D eigenvalue weighted by molar-refractivity contribution is 5.70. The highest BCUT2D eigenvalue weighted by atomic mass is 16.5. The molecule has 0 saturated heterocycles. The van der Waals surface area contributed by atoms with Crippen molar-refractivity contribution in [3.63, 3.8) is 0 Å². The molecule has 0 amide bonds. The number of nitriles is 1. The van der Waals surface area contributed by atoms with Gasteiger partial charge in [0.15, 0.2) is 0 Å². The van der Waals surface area contributed by atoms with Crippen LogP contribution in [0.1, 0.15) is 51.8 Å². The van der Waals surface area contributed by atoms with Crippen molar-refractivity contribution in [2.45, 2.75) is 64.6 Å². The van der Waals surface area contributed by atoms with E-state index in [1.807, 2.05) is 0 Å². The van der Waals surface area contributed by atoms with Gasteiger partial charge in [-0.2, -0.15) is 5.26 Å². The number of nitrogens with zero attached hydrogens (tertiary/aromatic N) is 1. The van der Waals surface area contributed by atoms with Gasteiger partial charge >= 0.3 is 0 Å². The smallest absolute Gasteiger partial charge is 0.0823 e. The molecule has 2 aliphatic carbocycles. The Hall–Kier alpha value is -2.89. The predicted molar refractivity (Wildman–Crippen MR) is 125 cm³/mol. The van der Waals surface area contributed by atoms with Crippen LogP contribution in [0.5, 0.6) is 0 Å². The highest BCUT2D eigenvalue weighted by Gasteiger charge is 2.45. The molecule has 0 bridgehead atoms. The number of aryl methyl sites for hydroxylation is 2. The molecule has 3 aromatic carbocycles. The Morgan fingerprint density at radius 1 is 0.935 bits per heavy atom. The van der Waals surface area contributed by atoms with Crippen molar-refractivity contribution in [3.8, 4) is 17.2 Å². The maximum absolute atomic E-state index is 9.71. The zero-order chi connectivity index (χ0) is 21.6. The molecule has 1 fully saturated rings. The number of hydrogen-bond donors (Lipinski definition) is 0. The van der Waals surface area contributed by atoms with Crippen LogP contribution in [0, 0.1) is 32.1 Å². The Balaban J connectivity index is 1.47.